The second kappa shape index (κ2) is 7.20. The zero-order valence-electron chi connectivity index (χ0n) is 13.3. The molecule has 2 rings (SSSR count). The van der Waals surface area contributed by atoms with Crippen LogP contribution in [0.2, 0.25) is 0 Å². The first kappa shape index (κ1) is 18.2. The minimum absolute atomic E-state index is 0.0559. The fraction of sp³-hybridized carbons (Fsp3) is 0.188. The van der Waals surface area contributed by atoms with Crippen LogP contribution in [0.25, 0.3) is 11.3 Å². The number of hydrogen-bond acceptors (Lipinski definition) is 5. The summed E-state index contributed by atoms with van der Waals surface area (Å²) in [4.78, 5) is 20.2. The topological polar surface area (TPSA) is 83.8 Å². The van der Waals surface area contributed by atoms with Crippen molar-refractivity contribution in [2.45, 2.75) is 6.18 Å². The van der Waals surface area contributed by atoms with Crippen molar-refractivity contribution < 1.29 is 27.9 Å². The molecule has 0 fully saturated rings. The Morgan fingerprint density at radius 1 is 1.28 bits per heavy atom. The Kier molecular flexibility index (Phi) is 5.26. The lowest BCUT2D eigenvalue weighted by atomic mass is 10.0. The fourth-order valence-electron chi connectivity index (χ4n) is 2.08. The van der Waals surface area contributed by atoms with Gasteiger partial charge < -0.3 is 15.3 Å². The zero-order chi connectivity index (χ0) is 18.6. The van der Waals surface area contributed by atoms with Gasteiger partial charge >= 0.3 is 6.18 Å². The minimum Gasteiger partial charge on any atom is -0.507 e. The highest BCUT2D eigenvalue weighted by Gasteiger charge is 2.31. The highest BCUT2D eigenvalue weighted by atomic mass is 19.4. The predicted octanol–water partition coefficient (Wildman–Crippen LogP) is 2.57. The van der Waals surface area contributed by atoms with Crippen LogP contribution in [0.3, 0.4) is 0 Å². The standard InChI is InChI=1S/C16H14F3N3O3/c1-20-15(24)13(22-25-2)11-5-3-4-10(14(11)23)12-7-6-9(8-21-12)16(17,18)19/h3-8,23H,1-2H3,(H,20,24). The molecule has 0 aliphatic heterocycles. The summed E-state index contributed by atoms with van der Waals surface area (Å²) >= 11 is 0. The van der Waals surface area contributed by atoms with Gasteiger partial charge in [0.25, 0.3) is 5.91 Å². The van der Waals surface area contributed by atoms with Crippen LogP contribution in [0, 0.1) is 0 Å². The molecule has 9 heteroatoms. The van der Waals surface area contributed by atoms with Crippen LogP contribution in [0.5, 0.6) is 5.75 Å². The number of likely N-dealkylation sites (N-methyl/N-ethyl adjacent to an activating group) is 1. The lowest BCUT2D eigenvalue weighted by Crippen LogP contribution is -2.28. The van der Waals surface area contributed by atoms with Gasteiger partial charge in [0.1, 0.15) is 12.9 Å². The van der Waals surface area contributed by atoms with Crippen LogP contribution in [-0.4, -0.2) is 35.9 Å². The van der Waals surface area contributed by atoms with E-state index in [2.05, 4.69) is 20.3 Å². The van der Waals surface area contributed by atoms with Crippen LogP contribution in [-0.2, 0) is 15.8 Å². The van der Waals surface area contributed by atoms with Crippen molar-refractivity contribution in [3.8, 4) is 17.0 Å². The van der Waals surface area contributed by atoms with E-state index in [1.807, 2.05) is 0 Å². The molecule has 0 unspecified atom stereocenters. The number of benzene rings is 1. The summed E-state index contributed by atoms with van der Waals surface area (Å²) in [5, 5.41) is 16.4. The van der Waals surface area contributed by atoms with E-state index in [0.717, 1.165) is 12.1 Å². The van der Waals surface area contributed by atoms with E-state index in [9.17, 15) is 23.1 Å². The normalized spacial score (nSPS) is 12.0. The van der Waals surface area contributed by atoms with E-state index in [0.29, 0.717) is 6.20 Å². The van der Waals surface area contributed by atoms with Gasteiger partial charge in [0.15, 0.2) is 5.71 Å². The lowest BCUT2D eigenvalue weighted by Gasteiger charge is -2.11. The van der Waals surface area contributed by atoms with Gasteiger partial charge in [0, 0.05) is 18.8 Å². The van der Waals surface area contributed by atoms with Crippen molar-refractivity contribution in [3.05, 3.63) is 47.7 Å². The quantitative estimate of drug-likeness (QED) is 0.654. The number of oxime groups is 1. The van der Waals surface area contributed by atoms with Crippen LogP contribution in [0.1, 0.15) is 11.1 Å². The molecule has 0 aliphatic rings. The van der Waals surface area contributed by atoms with Crippen LogP contribution in [0.4, 0.5) is 13.2 Å². The minimum atomic E-state index is -4.51. The van der Waals surface area contributed by atoms with E-state index in [1.54, 1.807) is 0 Å². The molecule has 2 aromatic rings. The smallest absolute Gasteiger partial charge is 0.417 e. The predicted molar refractivity (Wildman–Crippen MR) is 84.0 cm³/mol. The number of carbonyl (C=O) groups is 1. The zero-order valence-corrected chi connectivity index (χ0v) is 13.3. The third kappa shape index (κ3) is 3.87. The van der Waals surface area contributed by atoms with Crippen molar-refractivity contribution in [2.75, 3.05) is 14.2 Å². The summed E-state index contributed by atoms with van der Waals surface area (Å²) < 4.78 is 37.9. The Hall–Kier alpha value is -3.10. The van der Waals surface area contributed by atoms with E-state index in [1.165, 1.54) is 32.4 Å². The van der Waals surface area contributed by atoms with Crippen LogP contribution >= 0.6 is 0 Å². The molecule has 0 spiro atoms. The molecule has 1 aromatic carbocycles. The third-order valence-electron chi connectivity index (χ3n) is 3.28. The van der Waals surface area contributed by atoms with Crippen molar-refractivity contribution in [3.63, 3.8) is 0 Å². The Bertz CT molecular complexity index is 803. The average molecular weight is 353 g/mol. The van der Waals surface area contributed by atoms with E-state index >= 15 is 0 Å². The number of aromatic hydroxyl groups is 1. The van der Waals surface area contributed by atoms with Gasteiger partial charge in [-0.25, -0.2) is 0 Å². The second-order valence-corrected chi connectivity index (χ2v) is 4.83. The Balaban J connectivity index is 2.51. The molecule has 132 valence electrons. The molecule has 0 saturated heterocycles. The number of para-hydroxylation sites is 1. The monoisotopic (exact) mass is 353 g/mol. The third-order valence-corrected chi connectivity index (χ3v) is 3.28. The van der Waals surface area contributed by atoms with Crippen molar-refractivity contribution in [2.24, 2.45) is 5.16 Å². The number of hydrogen-bond donors (Lipinski definition) is 2. The number of nitrogens with one attached hydrogen (secondary N) is 1. The molecule has 0 bridgehead atoms. The maximum Gasteiger partial charge on any atom is 0.417 e. The first-order valence-electron chi connectivity index (χ1n) is 6.98. The number of carbonyl (C=O) groups excluding carboxylic acids is 1. The van der Waals surface area contributed by atoms with Gasteiger partial charge in [-0.15, -0.1) is 0 Å². The average Bonchev–Trinajstić information content (AvgIpc) is 2.59. The number of nitrogens with zero attached hydrogens (tertiary/aromatic N) is 2. The number of halogens is 3. The maximum atomic E-state index is 12.6. The Morgan fingerprint density at radius 2 is 2.00 bits per heavy atom. The molecule has 25 heavy (non-hydrogen) atoms. The second-order valence-electron chi connectivity index (χ2n) is 4.83. The van der Waals surface area contributed by atoms with Crippen molar-refractivity contribution in [1.82, 2.24) is 10.3 Å². The number of amides is 1. The number of rotatable bonds is 4. The molecule has 1 amide bonds. The van der Waals surface area contributed by atoms with Crippen molar-refractivity contribution in [1.29, 1.82) is 0 Å². The number of phenolic OH excluding ortho intramolecular Hbond substituents is 1. The molecule has 0 aliphatic carbocycles. The Labute approximate surface area is 140 Å². The Morgan fingerprint density at radius 3 is 2.52 bits per heavy atom. The molecule has 0 radical (unpaired) electrons. The highest BCUT2D eigenvalue weighted by Crippen LogP contribution is 2.34. The molecule has 0 saturated carbocycles. The summed E-state index contributed by atoms with van der Waals surface area (Å²) in [5.41, 5.74) is -0.768. The fourth-order valence-corrected chi connectivity index (χ4v) is 2.08. The summed E-state index contributed by atoms with van der Waals surface area (Å²) in [6.45, 7) is 0. The number of alkyl halides is 3. The molecule has 1 heterocycles. The number of pyridine rings is 1. The summed E-state index contributed by atoms with van der Waals surface area (Å²) in [6.07, 6.45) is -3.84. The van der Waals surface area contributed by atoms with Gasteiger partial charge in [-0.1, -0.05) is 11.2 Å². The molecule has 0 atom stereocenters. The molecule has 6 nitrogen and oxygen atoms in total. The first-order chi connectivity index (χ1) is 11.8. The SMILES string of the molecule is CNC(=O)C(=NOC)c1cccc(-c2ccc(C(F)(F)F)cn2)c1O. The van der Waals surface area contributed by atoms with Crippen LogP contribution in [0.15, 0.2) is 41.7 Å². The van der Waals surface area contributed by atoms with E-state index in [-0.39, 0.29) is 28.3 Å². The molecule has 1 aromatic heterocycles. The maximum absolute atomic E-state index is 12.6. The first-order valence-corrected chi connectivity index (χ1v) is 6.98. The molecular weight excluding hydrogens is 339 g/mol. The van der Waals surface area contributed by atoms with Gasteiger partial charge in [0.2, 0.25) is 0 Å². The van der Waals surface area contributed by atoms with Gasteiger partial charge in [-0.3, -0.25) is 9.78 Å². The lowest BCUT2D eigenvalue weighted by molar-refractivity contribution is -0.137. The van der Waals surface area contributed by atoms with Gasteiger partial charge in [0.05, 0.1) is 16.8 Å². The largest absolute Gasteiger partial charge is 0.507 e. The van der Waals surface area contributed by atoms with Gasteiger partial charge in [-0.2, -0.15) is 13.2 Å². The summed E-state index contributed by atoms with van der Waals surface area (Å²) in [6, 6.07) is 6.39. The number of phenols is 1. The number of aromatic nitrogens is 1. The van der Waals surface area contributed by atoms with Crippen molar-refractivity contribution >= 4 is 11.6 Å². The highest BCUT2D eigenvalue weighted by molar-refractivity contribution is 6.45. The van der Waals surface area contributed by atoms with Crippen LogP contribution < -0.4 is 5.32 Å². The van der Waals surface area contributed by atoms with Gasteiger partial charge in [-0.05, 0) is 24.3 Å². The molecular formula is C16H14F3N3O3. The molecule has 2 N–H and O–H groups in total. The van der Waals surface area contributed by atoms with E-state index in [4.69, 9.17) is 0 Å². The summed E-state index contributed by atoms with van der Waals surface area (Å²) in [5.74, 6) is -0.955. The summed E-state index contributed by atoms with van der Waals surface area (Å²) in [7, 11) is 2.62. The van der Waals surface area contributed by atoms with E-state index < -0.39 is 17.6 Å².